The first-order valence-corrected chi connectivity index (χ1v) is 5.26. The fraction of sp³-hybridized carbons (Fsp3) is 0.300. The molecule has 6 heteroatoms. The highest BCUT2D eigenvalue weighted by Crippen LogP contribution is 2.24. The Kier molecular flexibility index (Phi) is 5.02. The largest absolute Gasteiger partial charge is 0.480 e. The molecular formula is C10H11Cl2NO3. The molecule has 1 aromatic rings. The Morgan fingerprint density at radius 3 is 2.69 bits per heavy atom. The number of hydrogen-bond donors (Lipinski definition) is 2. The normalized spacial score (nSPS) is 12.4. The van der Waals surface area contributed by atoms with Crippen molar-refractivity contribution in [2.24, 2.45) is 5.73 Å². The first-order valence-electron chi connectivity index (χ1n) is 4.50. The van der Waals surface area contributed by atoms with Crippen molar-refractivity contribution in [1.29, 1.82) is 0 Å². The third-order valence-electron chi connectivity index (χ3n) is 1.89. The van der Waals surface area contributed by atoms with E-state index < -0.39 is 12.0 Å². The first kappa shape index (κ1) is 13.3. The van der Waals surface area contributed by atoms with Crippen LogP contribution in [-0.2, 0) is 9.53 Å². The van der Waals surface area contributed by atoms with E-state index in [-0.39, 0.29) is 13.2 Å². The van der Waals surface area contributed by atoms with Crippen LogP contribution in [0.4, 0.5) is 0 Å². The van der Waals surface area contributed by atoms with Gasteiger partial charge in [0, 0.05) is 0 Å². The molecule has 0 amide bonds. The van der Waals surface area contributed by atoms with Gasteiger partial charge < -0.3 is 15.6 Å². The molecule has 0 heterocycles. The Morgan fingerprint density at radius 1 is 1.44 bits per heavy atom. The number of ether oxygens (including phenoxy) is 1. The van der Waals surface area contributed by atoms with E-state index in [9.17, 15) is 4.79 Å². The Hall–Kier alpha value is -0.810. The molecule has 0 bridgehead atoms. The number of benzene rings is 1. The van der Waals surface area contributed by atoms with E-state index >= 15 is 0 Å². The van der Waals surface area contributed by atoms with E-state index in [1.54, 1.807) is 18.2 Å². The van der Waals surface area contributed by atoms with Crippen molar-refractivity contribution in [3.63, 3.8) is 0 Å². The van der Waals surface area contributed by atoms with Crippen molar-refractivity contribution in [1.82, 2.24) is 0 Å². The number of carbonyl (C=O) groups is 1. The molecule has 3 N–H and O–H groups in total. The van der Waals surface area contributed by atoms with Crippen LogP contribution in [0.15, 0.2) is 18.2 Å². The van der Waals surface area contributed by atoms with Crippen molar-refractivity contribution in [3.05, 3.63) is 33.8 Å². The summed E-state index contributed by atoms with van der Waals surface area (Å²) < 4.78 is 4.88. The summed E-state index contributed by atoms with van der Waals surface area (Å²) in [5.41, 5.74) is 6.53. The number of rotatable bonds is 5. The van der Waals surface area contributed by atoms with Crippen LogP contribution in [0.25, 0.3) is 0 Å². The molecule has 0 fully saturated rings. The average Bonchev–Trinajstić information content (AvgIpc) is 2.21. The Morgan fingerprint density at radius 2 is 2.12 bits per heavy atom. The zero-order chi connectivity index (χ0) is 12.1. The molecule has 4 nitrogen and oxygen atoms in total. The van der Waals surface area contributed by atoms with E-state index in [1.165, 1.54) is 0 Å². The van der Waals surface area contributed by atoms with Gasteiger partial charge in [0.15, 0.2) is 0 Å². The summed E-state index contributed by atoms with van der Waals surface area (Å²) in [5.74, 6) is -1.03. The number of carboxylic acid groups (broad SMARTS) is 1. The van der Waals surface area contributed by atoms with Crippen LogP contribution >= 0.6 is 23.2 Å². The average molecular weight is 264 g/mol. The van der Waals surface area contributed by atoms with Crippen LogP contribution in [0.2, 0.25) is 10.0 Å². The highest BCUT2D eigenvalue weighted by atomic mass is 35.5. The van der Waals surface area contributed by atoms with Crippen LogP contribution < -0.4 is 5.73 Å². The molecule has 0 spiro atoms. The lowest BCUT2D eigenvalue weighted by Crippen LogP contribution is -2.19. The molecule has 0 aromatic heterocycles. The fourth-order valence-electron chi connectivity index (χ4n) is 1.11. The van der Waals surface area contributed by atoms with E-state index in [4.69, 9.17) is 38.8 Å². The summed E-state index contributed by atoms with van der Waals surface area (Å²) in [7, 11) is 0. The summed E-state index contributed by atoms with van der Waals surface area (Å²) in [6, 6.07) is 4.58. The van der Waals surface area contributed by atoms with Gasteiger partial charge in [-0.3, -0.25) is 0 Å². The predicted octanol–water partition coefficient (Wildman–Crippen LogP) is 2.09. The lowest BCUT2D eigenvalue weighted by molar-refractivity contribution is -0.142. The van der Waals surface area contributed by atoms with Gasteiger partial charge >= 0.3 is 5.97 Å². The topological polar surface area (TPSA) is 72.5 Å². The lowest BCUT2D eigenvalue weighted by atomic mass is 10.1. The van der Waals surface area contributed by atoms with Gasteiger partial charge in [0.1, 0.15) is 6.61 Å². The highest BCUT2D eigenvalue weighted by Gasteiger charge is 2.09. The van der Waals surface area contributed by atoms with Crippen LogP contribution in [0.5, 0.6) is 0 Å². The van der Waals surface area contributed by atoms with E-state index in [2.05, 4.69) is 0 Å². The molecule has 16 heavy (non-hydrogen) atoms. The van der Waals surface area contributed by atoms with Crippen molar-refractivity contribution in [2.45, 2.75) is 6.04 Å². The standard InChI is InChI=1S/C10H11Cl2NO3/c11-7-2-1-6(3-8(7)12)9(13)4-16-5-10(14)15/h1-3,9H,4-5,13H2,(H,14,15). The minimum Gasteiger partial charge on any atom is -0.480 e. The number of nitrogens with two attached hydrogens (primary N) is 1. The molecule has 0 radical (unpaired) electrons. The summed E-state index contributed by atoms with van der Waals surface area (Å²) in [5, 5.41) is 9.23. The molecule has 0 saturated carbocycles. The number of carboxylic acids is 1. The monoisotopic (exact) mass is 263 g/mol. The minimum absolute atomic E-state index is 0.115. The molecule has 0 aliphatic heterocycles. The zero-order valence-electron chi connectivity index (χ0n) is 8.32. The zero-order valence-corrected chi connectivity index (χ0v) is 9.83. The van der Waals surface area contributed by atoms with Crippen molar-refractivity contribution in [3.8, 4) is 0 Å². The van der Waals surface area contributed by atoms with Gasteiger partial charge in [-0.15, -0.1) is 0 Å². The number of aliphatic carboxylic acids is 1. The molecule has 1 rings (SSSR count). The molecule has 0 saturated heterocycles. The van der Waals surface area contributed by atoms with E-state index in [1.807, 2.05) is 0 Å². The third-order valence-corrected chi connectivity index (χ3v) is 2.63. The van der Waals surface area contributed by atoms with Crippen molar-refractivity contribution < 1.29 is 14.6 Å². The summed E-state index contributed by atoms with van der Waals surface area (Å²) in [4.78, 5) is 10.2. The summed E-state index contributed by atoms with van der Waals surface area (Å²) >= 11 is 11.6. The molecule has 0 aliphatic rings. The van der Waals surface area contributed by atoms with Gasteiger partial charge in [-0.2, -0.15) is 0 Å². The molecule has 1 aromatic carbocycles. The van der Waals surface area contributed by atoms with Crippen LogP contribution in [0, 0.1) is 0 Å². The molecular weight excluding hydrogens is 253 g/mol. The van der Waals surface area contributed by atoms with Crippen LogP contribution in [0.1, 0.15) is 11.6 Å². The highest BCUT2D eigenvalue weighted by molar-refractivity contribution is 6.42. The van der Waals surface area contributed by atoms with E-state index in [0.29, 0.717) is 10.0 Å². The Balaban J connectivity index is 2.55. The van der Waals surface area contributed by atoms with E-state index in [0.717, 1.165) is 5.56 Å². The maximum absolute atomic E-state index is 10.2. The summed E-state index contributed by atoms with van der Waals surface area (Å²) in [6.07, 6.45) is 0. The maximum atomic E-state index is 10.2. The SMILES string of the molecule is NC(COCC(=O)O)c1ccc(Cl)c(Cl)c1. The van der Waals surface area contributed by atoms with Crippen LogP contribution in [0.3, 0.4) is 0 Å². The summed E-state index contributed by atoms with van der Waals surface area (Å²) in [6.45, 7) is -0.251. The lowest BCUT2D eigenvalue weighted by Gasteiger charge is -2.12. The van der Waals surface area contributed by atoms with Crippen LogP contribution in [-0.4, -0.2) is 24.3 Å². The molecule has 88 valence electrons. The first-order chi connectivity index (χ1) is 7.50. The smallest absolute Gasteiger partial charge is 0.329 e. The minimum atomic E-state index is -1.03. The van der Waals surface area contributed by atoms with Gasteiger partial charge in [0.25, 0.3) is 0 Å². The van der Waals surface area contributed by atoms with Crippen molar-refractivity contribution in [2.75, 3.05) is 13.2 Å². The molecule has 1 atom stereocenters. The van der Waals surface area contributed by atoms with Gasteiger partial charge in [0.05, 0.1) is 22.7 Å². The quantitative estimate of drug-likeness (QED) is 0.854. The third kappa shape index (κ3) is 3.98. The van der Waals surface area contributed by atoms with Gasteiger partial charge in [-0.05, 0) is 17.7 Å². The Labute approximate surface area is 103 Å². The second-order valence-electron chi connectivity index (χ2n) is 3.19. The second-order valence-corrected chi connectivity index (χ2v) is 4.00. The molecule has 0 aliphatic carbocycles. The maximum Gasteiger partial charge on any atom is 0.329 e. The fourth-order valence-corrected chi connectivity index (χ4v) is 1.42. The van der Waals surface area contributed by atoms with Crippen molar-refractivity contribution >= 4 is 29.2 Å². The predicted molar refractivity (Wildman–Crippen MR) is 61.8 cm³/mol. The van der Waals surface area contributed by atoms with Gasteiger partial charge in [0.2, 0.25) is 0 Å². The van der Waals surface area contributed by atoms with Gasteiger partial charge in [-0.1, -0.05) is 29.3 Å². The number of hydrogen-bond acceptors (Lipinski definition) is 3. The Bertz CT molecular complexity index is 384. The number of halogens is 2. The second kappa shape index (κ2) is 6.06. The van der Waals surface area contributed by atoms with Gasteiger partial charge in [-0.25, -0.2) is 4.79 Å². The molecule has 1 unspecified atom stereocenters.